The van der Waals surface area contributed by atoms with Crippen LogP contribution < -0.4 is 10.2 Å². The molecule has 6 heteroatoms. The van der Waals surface area contributed by atoms with E-state index in [0.717, 1.165) is 24.5 Å². The van der Waals surface area contributed by atoms with E-state index in [1.165, 1.54) is 0 Å². The minimum Gasteiger partial charge on any atom is -0.372 e. The number of rotatable bonds is 2. The summed E-state index contributed by atoms with van der Waals surface area (Å²) in [5.74, 6) is 0. The van der Waals surface area contributed by atoms with Crippen LogP contribution in [-0.4, -0.2) is 61.5 Å². The normalized spacial score (nSPS) is 26.4. The first-order valence-electron chi connectivity index (χ1n) is 9.03. The number of ether oxygens (including phenoxy) is 2. The van der Waals surface area contributed by atoms with Crippen molar-refractivity contribution in [3.8, 4) is 0 Å². The second kappa shape index (κ2) is 7.22. The number of amides is 2. The molecule has 6 nitrogen and oxygen atoms in total. The maximum Gasteiger partial charge on any atom is 0.322 e. The first-order valence-corrected chi connectivity index (χ1v) is 9.03. The molecule has 1 N–H and O–H groups in total. The smallest absolute Gasteiger partial charge is 0.322 e. The molecule has 3 rings (SSSR count). The maximum atomic E-state index is 12.5. The molecule has 0 spiro atoms. The Morgan fingerprint density at radius 2 is 1.80 bits per heavy atom. The molecule has 0 saturated carbocycles. The van der Waals surface area contributed by atoms with E-state index in [-0.39, 0.29) is 23.8 Å². The summed E-state index contributed by atoms with van der Waals surface area (Å²) in [6, 6.07) is 7.97. The third kappa shape index (κ3) is 4.64. The fraction of sp³-hybridized carbons (Fsp3) is 0.632. The number of carbonyl (C=O) groups is 1. The van der Waals surface area contributed by atoms with Gasteiger partial charge < -0.3 is 24.6 Å². The number of nitrogens with zero attached hydrogens (tertiary/aromatic N) is 2. The van der Waals surface area contributed by atoms with Gasteiger partial charge in [-0.2, -0.15) is 0 Å². The molecule has 0 aliphatic carbocycles. The largest absolute Gasteiger partial charge is 0.372 e. The number of hydrogen-bond acceptors (Lipinski definition) is 4. The highest BCUT2D eigenvalue weighted by molar-refractivity contribution is 5.89. The van der Waals surface area contributed by atoms with E-state index in [2.05, 4.69) is 36.2 Å². The number of urea groups is 1. The molecule has 2 amide bonds. The zero-order valence-electron chi connectivity index (χ0n) is 15.6. The summed E-state index contributed by atoms with van der Waals surface area (Å²) < 4.78 is 11.4. The number of carbonyl (C=O) groups excluding carboxylic acids is 1. The van der Waals surface area contributed by atoms with E-state index in [4.69, 9.17) is 9.47 Å². The molecule has 0 radical (unpaired) electrons. The van der Waals surface area contributed by atoms with E-state index in [1.807, 2.05) is 30.9 Å². The minimum atomic E-state index is -0.289. The number of benzene rings is 1. The molecule has 1 aromatic rings. The highest BCUT2D eigenvalue weighted by Gasteiger charge is 2.30. The standard InChI is InChI=1S/C19H29N3O3/c1-14-11-22(12-15(2)25-14)17-7-5-16(6-8-17)20-18(23)21-9-10-24-19(3,4)13-21/h5-8,14-15H,9-13H2,1-4H3,(H,20,23)/t14-,15+. The molecule has 1 aromatic carbocycles. The third-order valence-corrected chi connectivity index (χ3v) is 4.62. The molecular formula is C19H29N3O3. The van der Waals surface area contributed by atoms with Crippen LogP contribution in [0.25, 0.3) is 0 Å². The fourth-order valence-electron chi connectivity index (χ4n) is 3.54. The van der Waals surface area contributed by atoms with E-state index in [9.17, 15) is 4.79 Å². The van der Waals surface area contributed by atoms with Crippen molar-refractivity contribution in [1.29, 1.82) is 0 Å². The Labute approximate surface area is 150 Å². The van der Waals surface area contributed by atoms with Crippen LogP contribution in [-0.2, 0) is 9.47 Å². The molecule has 138 valence electrons. The monoisotopic (exact) mass is 347 g/mol. The number of nitrogens with one attached hydrogen (secondary N) is 1. The quantitative estimate of drug-likeness (QED) is 0.894. The minimum absolute atomic E-state index is 0.0715. The maximum absolute atomic E-state index is 12.5. The number of anilines is 2. The fourth-order valence-corrected chi connectivity index (χ4v) is 3.54. The zero-order valence-corrected chi connectivity index (χ0v) is 15.6. The Morgan fingerprint density at radius 1 is 1.16 bits per heavy atom. The van der Waals surface area contributed by atoms with Gasteiger partial charge in [-0.25, -0.2) is 4.79 Å². The Kier molecular flexibility index (Phi) is 5.20. The molecule has 2 aliphatic rings. The first kappa shape index (κ1) is 18.0. The van der Waals surface area contributed by atoms with E-state index < -0.39 is 0 Å². The van der Waals surface area contributed by atoms with Crippen LogP contribution in [0.1, 0.15) is 27.7 Å². The highest BCUT2D eigenvalue weighted by atomic mass is 16.5. The van der Waals surface area contributed by atoms with Crippen LogP contribution in [0.3, 0.4) is 0 Å². The lowest BCUT2D eigenvalue weighted by molar-refractivity contribution is -0.0720. The molecule has 0 aromatic heterocycles. The van der Waals surface area contributed by atoms with E-state index in [0.29, 0.717) is 19.7 Å². The van der Waals surface area contributed by atoms with Crippen molar-refractivity contribution >= 4 is 17.4 Å². The third-order valence-electron chi connectivity index (χ3n) is 4.62. The van der Waals surface area contributed by atoms with Crippen LogP contribution in [0.15, 0.2) is 24.3 Å². The summed E-state index contributed by atoms with van der Waals surface area (Å²) in [5, 5.41) is 2.99. The molecule has 25 heavy (non-hydrogen) atoms. The SMILES string of the molecule is C[C@@H]1CN(c2ccc(NC(=O)N3CCOC(C)(C)C3)cc2)C[C@H](C)O1. The second-order valence-electron chi connectivity index (χ2n) is 7.67. The topological polar surface area (TPSA) is 54.0 Å². The lowest BCUT2D eigenvalue weighted by Crippen LogP contribution is -2.51. The van der Waals surface area contributed by atoms with Crippen molar-refractivity contribution in [1.82, 2.24) is 4.90 Å². The molecule has 2 atom stereocenters. The van der Waals surface area contributed by atoms with Gasteiger partial charge in [0, 0.05) is 31.0 Å². The van der Waals surface area contributed by atoms with Crippen LogP contribution in [0.2, 0.25) is 0 Å². The summed E-state index contributed by atoms with van der Waals surface area (Å²) in [7, 11) is 0. The second-order valence-corrected chi connectivity index (χ2v) is 7.67. The molecule has 2 heterocycles. The van der Waals surface area contributed by atoms with Crippen LogP contribution >= 0.6 is 0 Å². The van der Waals surface area contributed by atoms with Crippen molar-refractivity contribution in [2.45, 2.75) is 45.5 Å². The Bertz CT molecular complexity index is 592. The summed E-state index contributed by atoms with van der Waals surface area (Å²) in [6.07, 6.45) is 0.459. The predicted octanol–water partition coefficient (Wildman–Crippen LogP) is 2.94. The first-order chi connectivity index (χ1) is 11.8. The van der Waals surface area contributed by atoms with E-state index in [1.54, 1.807) is 0 Å². The van der Waals surface area contributed by atoms with Gasteiger partial charge >= 0.3 is 6.03 Å². The predicted molar refractivity (Wildman–Crippen MR) is 99.3 cm³/mol. The molecular weight excluding hydrogens is 318 g/mol. The van der Waals surface area contributed by atoms with Gasteiger partial charge in [0.15, 0.2) is 0 Å². The molecule has 0 bridgehead atoms. The lowest BCUT2D eigenvalue weighted by Gasteiger charge is -2.38. The summed E-state index contributed by atoms with van der Waals surface area (Å²) in [6.45, 7) is 11.8. The van der Waals surface area contributed by atoms with Crippen molar-refractivity contribution in [3.63, 3.8) is 0 Å². The summed E-state index contributed by atoms with van der Waals surface area (Å²) in [5.41, 5.74) is 1.68. The van der Waals surface area contributed by atoms with E-state index >= 15 is 0 Å². The van der Waals surface area contributed by atoms with Gasteiger partial charge in [-0.3, -0.25) is 0 Å². The lowest BCUT2D eigenvalue weighted by atomic mass is 10.1. The molecule has 2 fully saturated rings. The Balaban J connectivity index is 1.60. The summed E-state index contributed by atoms with van der Waals surface area (Å²) in [4.78, 5) is 16.6. The Hall–Kier alpha value is -1.79. The number of morpholine rings is 2. The van der Waals surface area contributed by atoms with Gasteiger partial charge in [-0.15, -0.1) is 0 Å². The van der Waals surface area contributed by atoms with Crippen molar-refractivity contribution < 1.29 is 14.3 Å². The zero-order chi connectivity index (χ0) is 18.0. The van der Waals surface area contributed by atoms with Gasteiger partial charge in [0.25, 0.3) is 0 Å². The molecule has 2 saturated heterocycles. The van der Waals surface area contributed by atoms with Crippen molar-refractivity contribution in [2.75, 3.05) is 43.0 Å². The van der Waals surface area contributed by atoms with Gasteiger partial charge in [0.05, 0.1) is 31.0 Å². The number of hydrogen-bond donors (Lipinski definition) is 1. The van der Waals surface area contributed by atoms with Gasteiger partial charge in [0.2, 0.25) is 0 Å². The van der Waals surface area contributed by atoms with Gasteiger partial charge in [-0.1, -0.05) is 0 Å². The van der Waals surface area contributed by atoms with Crippen LogP contribution in [0.5, 0.6) is 0 Å². The Morgan fingerprint density at radius 3 is 2.40 bits per heavy atom. The van der Waals surface area contributed by atoms with Crippen molar-refractivity contribution in [3.05, 3.63) is 24.3 Å². The summed E-state index contributed by atoms with van der Waals surface area (Å²) >= 11 is 0. The average molecular weight is 347 g/mol. The van der Waals surface area contributed by atoms with Crippen LogP contribution in [0.4, 0.5) is 16.2 Å². The van der Waals surface area contributed by atoms with Crippen LogP contribution in [0, 0.1) is 0 Å². The molecule has 2 aliphatic heterocycles. The van der Waals surface area contributed by atoms with Gasteiger partial charge in [0.1, 0.15) is 0 Å². The van der Waals surface area contributed by atoms with Crippen molar-refractivity contribution in [2.24, 2.45) is 0 Å². The average Bonchev–Trinajstić information content (AvgIpc) is 2.53. The highest BCUT2D eigenvalue weighted by Crippen LogP contribution is 2.23. The molecule has 0 unspecified atom stereocenters. The van der Waals surface area contributed by atoms with Gasteiger partial charge in [-0.05, 0) is 52.0 Å².